The molecule has 1 heterocycles. The van der Waals surface area contributed by atoms with Crippen LogP contribution in [0.3, 0.4) is 0 Å². The molecule has 0 saturated carbocycles. The summed E-state index contributed by atoms with van der Waals surface area (Å²) in [7, 11) is 0. The third-order valence-electron chi connectivity index (χ3n) is 1.60. The first-order valence-corrected chi connectivity index (χ1v) is 4.06. The maximum absolute atomic E-state index is 5.84. The van der Waals surface area contributed by atoms with Crippen LogP contribution in [-0.2, 0) is 0 Å². The highest BCUT2D eigenvalue weighted by Gasteiger charge is 2.05. The van der Waals surface area contributed by atoms with E-state index in [1.165, 1.54) is 5.57 Å². The van der Waals surface area contributed by atoms with E-state index in [0.717, 1.165) is 11.5 Å². The zero-order valence-electron chi connectivity index (χ0n) is 7.79. The highest BCUT2D eigenvalue weighted by Crippen LogP contribution is 2.16. The summed E-state index contributed by atoms with van der Waals surface area (Å²) in [6.07, 6.45) is 1.98. The molecular weight excluding hydrogens is 150 g/mol. The van der Waals surface area contributed by atoms with Crippen molar-refractivity contribution in [2.24, 2.45) is 5.73 Å². The Kier molecular flexibility index (Phi) is 2.71. The molecule has 2 N–H and O–H groups in total. The van der Waals surface area contributed by atoms with Gasteiger partial charge < -0.3 is 10.2 Å². The van der Waals surface area contributed by atoms with Crippen LogP contribution in [0.15, 0.2) is 28.2 Å². The number of hydrogen-bond donors (Lipinski definition) is 1. The van der Waals surface area contributed by atoms with E-state index in [2.05, 4.69) is 0 Å². The number of nitrogens with two attached hydrogens (primary N) is 1. The van der Waals surface area contributed by atoms with Gasteiger partial charge in [0, 0.05) is 0 Å². The molecule has 1 aromatic heterocycles. The number of allylic oxidation sites excluding steroid dienone is 1. The minimum atomic E-state index is -0.108. The van der Waals surface area contributed by atoms with Gasteiger partial charge in [-0.1, -0.05) is 11.6 Å². The van der Waals surface area contributed by atoms with Crippen molar-refractivity contribution >= 4 is 0 Å². The predicted molar refractivity (Wildman–Crippen MR) is 49.8 cm³/mol. The van der Waals surface area contributed by atoms with Gasteiger partial charge in [-0.05, 0) is 32.9 Å². The lowest BCUT2D eigenvalue weighted by Crippen LogP contribution is -2.05. The predicted octanol–water partition coefficient (Wildman–Crippen LogP) is 2.55. The second-order valence-electron chi connectivity index (χ2n) is 3.22. The lowest BCUT2D eigenvalue weighted by atomic mass is 10.2. The number of aryl methyl sites for hydroxylation is 1. The molecule has 0 aliphatic heterocycles. The van der Waals surface area contributed by atoms with Crippen LogP contribution in [-0.4, -0.2) is 0 Å². The summed E-state index contributed by atoms with van der Waals surface area (Å²) in [5.74, 6) is 1.73. The smallest absolute Gasteiger partial charge is 0.124 e. The van der Waals surface area contributed by atoms with Crippen LogP contribution < -0.4 is 5.73 Å². The van der Waals surface area contributed by atoms with Gasteiger partial charge in [0.05, 0.1) is 6.04 Å². The molecule has 2 nitrogen and oxygen atoms in total. The van der Waals surface area contributed by atoms with E-state index in [1.807, 2.05) is 39.0 Å². The van der Waals surface area contributed by atoms with E-state index in [-0.39, 0.29) is 6.04 Å². The minimum Gasteiger partial charge on any atom is -0.464 e. The van der Waals surface area contributed by atoms with Crippen LogP contribution in [0.1, 0.15) is 31.4 Å². The summed E-state index contributed by atoms with van der Waals surface area (Å²) >= 11 is 0. The van der Waals surface area contributed by atoms with E-state index < -0.39 is 0 Å². The van der Waals surface area contributed by atoms with Gasteiger partial charge in [-0.2, -0.15) is 0 Å². The molecule has 1 unspecified atom stereocenters. The molecule has 1 atom stereocenters. The molecule has 2 heteroatoms. The number of furan rings is 1. The van der Waals surface area contributed by atoms with Crippen molar-refractivity contribution in [3.8, 4) is 0 Å². The number of hydrogen-bond acceptors (Lipinski definition) is 2. The molecule has 1 aromatic rings. The monoisotopic (exact) mass is 165 g/mol. The van der Waals surface area contributed by atoms with Crippen LogP contribution in [0.2, 0.25) is 0 Å². The van der Waals surface area contributed by atoms with Crippen molar-refractivity contribution in [2.75, 3.05) is 0 Å². The second kappa shape index (κ2) is 3.59. The second-order valence-corrected chi connectivity index (χ2v) is 3.22. The molecule has 0 radical (unpaired) electrons. The molecule has 12 heavy (non-hydrogen) atoms. The van der Waals surface area contributed by atoms with Crippen LogP contribution in [0.5, 0.6) is 0 Å². The standard InChI is InChI=1S/C10H15NO/c1-7(2)6-9(11)10-5-4-8(3)12-10/h4-6,9H,11H2,1-3H3. The zero-order valence-corrected chi connectivity index (χ0v) is 7.79. The quantitative estimate of drug-likeness (QED) is 0.684. The highest BCUT2D eigenvalue weighted by atomic mass is 16.3. The van der Waals surface area contributed by atoms with Crippen LogP contribution in [0.4, 0.5) is 0 Å². The maximum Gasteiger partial charge on any atom is 0.124 e. The molecule has 66 valence electrons. The minimum absolute atomic E-state index is 0.108. The van der Waals surface area contributed by atoms with Crippen LogP contribution >= 0.6 is 0 Å². The van der Waals surface area contributed by atoms with Gasteiger partial charge in [-0.15, -0.1) is 0 Å². The van der Waals surface area contributed by atoms with Crippen molar-refractivity contribution in [3.05, 3.63) is 35.3 Å². The fraction of sp³-hybridized carbons (Fsp3) is 0.400. The van der Waals surface area contributed by atoms with Gasteiger partial charge in [0.2, 0.25) is 0 Å². The Balaban J connectivity index is 2.78. The van der Waals surface area contributed by atoms with Crippen molar-refractivity contribution in [1.82, 2.24) is 0 Å². The lowest BCUT2D eigenvalue weighted by Gasteiger charge is -2.02. The Labute approximate surface area is 73.1 Å². The molecule has 1 rings (SSSR count). The summed E-state index contributed by atoms with van der Waals surface area (Å²) < 4.78 is 5.38. The van der Waals surface area contributed by atoms with Gasteiger partial charge >= 0.3 is 0 Å². The summed E-state index contributed by atoms with van der Waals surface area (Å²) in [6.45, 7) is 5.96. The summed E-state index contributed by atoms with van der Waals surface area (Å²) in [6, 6.07) is 3.73. The van der Waals surface area contributed by atoms with Crippen molar-refractivity contribution in [3.63, 3.8) is 0 Å². The van der Waals surface area contributed by atoms with Crippen molar-refractivity contribution in [2.45, 2.75) is 26.8 Å². The van der Waals surface area contributed by atoms with E-state index in [0.29, 0.717) is 0 Å². The summed E-state index contributed by atoms with van der Waals surface area (Å²) in [4.78, 5) is 0. The third-order valence-corrected chi connectivity index (χ3v) is 1.60. The molecule has 0 bridgehead atoms. The van der Waals surface area contributed by atoms with Gasteiger partial charge in [0.15, 0.2) is 0 Å². The molecule has 0 fully saturated rings. The van der Waals surface area contributed by atoms with Crippen molar-refractivity contribution < 1.29 is 4.42 Å². The fourth-order valence-corrected chi connectivity index (χ4v) is 1.07. The SMILES string of the molecule is CC(C)=CC(N)c1ccc(C)o1. The van der Waals surface area contributed by atoms with Crippen LogP contribution in [0.25, 0.3) is 0 Å². The van der Waals surface area contributed by atoms with Gasteiger partial charge in [-0.3, -0.25) is 0 Å². The normalized spacial score (nSPS) is 12.7. The highest BCUT2D eigenvalue weighted by molar-refractivity contribution is 5.15. The Hall–Kier alpha value is -1.02. The van der Waals surface area contributed by atoms with Gasteiger partial charge in [-0.25, -0.2) is 0 Å². The molecular formula is C10H15NO. The average Bonchev–Trinajstić information content (AvgIpc) is 2.34. The van der Waals surface area contributed by atoms with Gasteiger partial charge in [0.25, 0.3) is 0 Å². The Bertz CT molecular complexity index is 282. The van der Waals surface area contributed by atoms with E-state index in [9.17, 15) is 0 Å². The summed E-state index contributed by atoms with van der Waals surface area (Å²) in [5.41, 5.74) is 7.04. The zero-order chi connectivity index (χ0) is 9.14. The fourth-order valence-electron chi connectivity index (χ4n) is 1.07. The summed E-state index contributed by atoms with van der Waals surface area (Å²) in [5, 5.41) is 0. The Morgan fingerprint density at radius 3 is 2.58 bits per heavy atom. The molecule has 0 amide bonds. The lowest BCUT2D eigenvalue weighted by molar-refractivity contribution is 0.469. The molecule has 0 aromatic carbocycles. The molecule has 0 aliphatic carbocycles. The average molecular weight is 165 g/mol. The third kappa shape index (κ3) is 2.24. The van der Waals surface area contributed by atoms with E-state index in [4.69, 9.17) is 10.2 Å². The van der Waals surface area contributed by atoms with E-state index in [1.54, 1.807) is 0 Å². The largest absolute Gasteiger partial charge is 0.464 e. The first-order valence-electron chi connectivity index (χ1n) is 4.06. The Morgan fingerprint density at radius 1 is 1.50 bits per heavy atom. The first kappa shape index (κ1) is 9.07. The molecule has 0 saturated heterocycles. The Morgan fingerprint density at radius 2 is 2.17 bits per heavy atom. The van der Waals surface area contributed by atoms with E-state index >= 15 is 0 Å². The first-order chi connectivity index (χ1) is 5.59. The van der Waals surface area contributed by atoms with Gasteiger partial charge in [0.1, 0.15) is 11.5 Å². The number of rotatable bonds is 2. The molecule has 0 spiro atoms. The van der Waals surface area contributed by atoms with Crippen molar-refractivity contribution in [1.29, 1.82) is 0 Å². The van der Waals surface area contributed by atoms with Crippen LogP contribution in [0, 0.1) is 6.92 Å². The molecule has 0 aliphatic rings. The topological polar surface area (TPSA) is 39.2 Å². The maximum atomic E-state index is 5.84.